The number of carboxylic acid groups (broad SMARTS) is 1. The summed E-state index contributed by atoms with van der Waals surface area (Å²) in [5.41, 5.74) is 9.14. The quantitative estimate of drug-likeness (QED) is 0.794. The second-order valence-corrected chi connectivity index (χ2v) is 7.57. The Hall–Kier alpha value is -1.81. The maximum atomic E-state index is 11.9. The lowest BCUT2D eigenvalue weighted by Gasteiger charge is -2.20. The van der Waals surface area contributed by atoms with Gasteiger partial charge in [-0.3, -0.25) is 0 Å². The molecule has 1 aromatic carbocycles. The number of carbonyl (C=O) groups is 1. The maximum absolute atomic E-state index is 11.9. The molecule has 4 nitrogen and oxygen atoms in total. The number of carboxylic acids is 1. The normalized spacial score (nSPS) is 12.0. The van der Waals surface area contributed by atoms with Crippen molar-refractivity contribution >= 4 is 16.9 Å². The number of fused-ring (bicyclic) bond motifs is 1. The first-order chi connectivity index (χ1) is 11.3. The summed E-state index contributed by atoms with van der Waals surface area (Å²) >= 11 is 0. The molecule has 24 heavy (non-hydrogen) atoms. The molecule has 0 bridgehead atoms. The molecule has 0 aliphatic heterocycles. The maximum Gasteiger partial charge on any atom is 0.337 e. The van der Waals surface area contributed by atoms with E-state index in [-0.39, 0.29) is 5.41 Å². The lowest BCUT2D eigenvalue weighted by atomic mass is 9.84. The summed E-state index contributed by atoms with van der Waals surface area (Å²) in [5, 5.41) is 10.8. The number of benzene rings is 1. The van der Waals surface area contributed by atoms with Gasteiger partial charge in [-0.1, -0.05) is 34.1 Å². The highest BCUT2D eigenvalue weighted by Gasteiger charge is 2.22. The fraction of sp³-hybridized carbons (Fsp3) is 0.550. The van der Waals surface area contributed by atoms with E-state index in [1.54, 1.807) is 0 Å². The molecule has 2 aromatic rings. The first kappa shape index (κ1) is 18.5. The summed E-state index contributed by atoms with van der Waals surface area (Å²) in [6, 6.07) is 4.02. The average molecular weight is 330 g/mol. The molecule has 3 N–H and O–H groups in total. The van der Waals surface area contributed by atoms with Gasteiger partial charge < -0.3 is 15.4 Å². The van der Waals surface area contributed by atoms with Gasteiger partial charge in [-0.2, -0.15) is 0 Å². The molecule has 0 fully saturated rings. The molecule has 0 amide bonds. The molecule has 0 aliphatic carbocycles. The summed E-state index contributed by atoms with van der Waals surface area (Å²) in [6.07, 6.45) is 6.06. The Morgan fingerprint density at radius 2 is 1.96 bits per heavy atom. The molecule has 0 atom stereocenters. The van der Waals surface area contributed by atoms with Gasteiger partial charge in [-0.25, -0.2) is 4.79 Å². The van der Waals surface area contributed by atoms with Crippen molar-refractivity contribution < 1.29 is 9.90 Å². The van der Waals surface area contributed by atoms with Gasteiger partial charge in [0.05, 0.1) is 11.1 Å². The van der Waals surface area contributed by atoms with Gasteiger partial charge in [0.1, 0.15) is 0 Å². The minimum atomic E-state index is -0.854. The number of hydrogen-bond acceptors (Lipinski definition) is 2. The van der Waals surface area contributed by atoms with Crippen LogP contribution in [0.1, 0.15) is 68.4 Å². The molecular weight excluding hydrogens is 300 g/mol. The first-order valence-electron chi connectivity index (χ1n) is 8.89. The van der Waals surface area contributed by atoms with E-state index in [1.165, 1.54) is 5.56 Å². The Balaban J connectivity index is 2.72. The van der Waals surface area contributed by atoms with Gasteiger partial charge in [0.2, 0.25) is 0 Å². The van der Waals surface area contributed by atoms with Crippen LogP contribution in [0.3, 0.4) is 0 Å². The number of hydrogen-bond donors (Lipinski definition) is 2. The number of rotatable bonds is 7. The Morgan fingerprint density at radius 1 is 1.25 bits per heavy atom. The van der Waals surface area contributed by atoms with Crippen LogP contribution in [0.4, 0.5) is 0 Å². The number of nitrogens with zero attached hydrogens (tertiary/aromatic N) is 1. The van der Waals surface area contributed by atoms with Gasteiger partial charge in [-0.05, 0) is 54.5 Å². The van der Waals surface area contributed by atoms with E-state index in [1.807, 2.05) is 6.07 Å². The lowest BCUT2D eigenvalue weighted by Crippen LogP contribution is -2.13. The molecule has 0 saturated heterocycles. The highest BCUT2D eigenvalue weighted by atomic mass is 16.4. The zero-order valence-electron chi connectivity index (χ0n) is 15.4. The van der Waals surface area contributed by atoms with Crippen LogP contribution in [-0.4, -0.2) is 22.2 Å². The minimum Gasteiger partial charge on any atom is -0.478 e. The summed E-state index contributed by atoms with van der Waals surface area (Å²) in [5.74, 6) is -0.854. The van der Waals surface area contributed by atoms with Crippen molar-refractivity contribution in [2.24, 2.45) is 5.73 Å². The summed E-state index contributed by atoms with van der Waals surface area (Å²) < 4.78 is 2.13. The molecule has 2 rings (SSSR count). The van der Waals surface area contributed by atoms with Crippen LogP contribution in [0.2, 0.25) is 0 Å². The van der Waals surface area contributed by atoms with Crippen LogP contribution in [0.25, 0.3) is 10.9 Å². The fourth-order valence-electron chi connectivity index (χ4n) is 3.10. The second kappa shape index (κ2) is 7.39. The van der Waals surface area contributed by atoms with Crippen LogP contribution in [-0.2, 0) is 18.4 Å². The predicted octanol–water partition coefficient (Wildman–Crippen LogP) is 4.33. The average Bonchev–Trinajstić information content (AvgIpc) is 2.87. The predicted molar refractivity (Wildman–Crippen MR) is 99.9 cm³/mol. The minimum absolute atomic E-state index is 0.0882. The van der Waals surface area contributed by atoms with Crippen LogP contribution in [0.15, 0.2) is 18.3 Å². The Morgan fingerprint density at radius 3 is 2.50 bits per heavy atom. The summed E-state index contributed by atoms with van der Waals surface area (Å²) in [6.45, 7) is 10.0. The molecule has 0 radical (unpaired) electrons. The van der Waals surface area contributed by atoms with Crippen LogP contribution < -0.4 is 5.73 Å². The topological polar surface area (TPSA) is 68.2 Å². The number of unbranched alkanes of at least 4 members (excludes halogenated alkanes) is 1. The monoisotopic (exact) mass is 330 g/mol. The van der Waals surface area contributed by atoms with E-state index in [4.69, 9.17) is 5.73 Å². The zero-order valence-corrected chi connectivity index (χ0v) is 15.4. The Labute approximate surface area is 144 Å². The molecule has 132 valence electrons. The smallest absolute Gasteiger partial charge is 0.337 e. The van der Waals surface area contributed by atoms with Crippen molar-refractivity contribution in [2.75, 3.05) is 6.54 Å². The highest BCUT2D eigenvalue weighted by Crippen LogP contribution is 2.33. The van der Waals surface area contributed by atoms with Crippen molar-refractivity contribution in [2.45, 2.75) is 65.3 Å². The molecule has 1 aromatic heterocycles. The van der Waals surface area contributed by atoms with Crippen molar-refractivity contribution in [1.29, 1.82) is 0 Å². The van der Waals surface area contributed by atoms with Gasteiger partial charge in [0.15, 0.2) is 0 Å². The standard InChI is InChI=1S/C20H30N2O2/c1-5-6-10-22-13-14(8-7-9-21)16-11-15(20(2,3)4)12-17(18(16)22)19(23)24/h11-13H,5-10,21H2,1-4H3,(H,23,24). The highest BCUT2D eigenvalue weighted by molar-refractivity contribution is 6.04. The SMILES string of the molecule is CCCCn1cc(CCCN)c2cc(C(C)(C)C)cc(C(=O)O)c21. The number of aryl methyl sites for hydroxylation is 2. The lowest BCUT2D eigenvalue weighted by molar-refractivity contribution is 0.0698. The van der Waals surface area contributed by atoms with Crippen molar-refractivity contribution in [3.63, 3.8) is 0 Å². The van der Waals surface area contributed by atoms with E-state index in [0.29, 0.717) is 12.1 Å². The number of nitrogens with two attached hydrogens (primary N) is 1. The van der Waals surface area contributed by atoms with Crippen molar-refractivity contribution in [3.8, 4) is 0 Å². The van der Waals surface area contributed by atoms with Gasteiger partial charge >= 0.3 is 5.97 Å². The van der Waals surface area contributed by atoms with E-state index in [2.05, 4.69) is 44.5 Å². The Kier molecular flexibility index (Phi) is 5.70. The third-order valence-electron chi connectivity index (χ3n) is 4.55. The number of aromatic nitrogens is 1. The molecule has 1 heterocycles. The third-order valence-corrected chi connectivity index (χ3v) is 4.55. The van der Waals surface area contributed by atoms with Crippen molar-refractivity contribution in [1.82, 2.24) is 4.57 Å². The third kappa shape index (κ3) is 3.81. The zero-order chi connectivity index (χ0) is 17.9. The molecule has 0 aliphatic rings. The number of aromatic carboxylic acids is 1. The van der Waals surface area contributed by atoms with E-state index in [0.717, 1.165) is 48.7 Å². The summed E-state index contributed by atoms with van der Waals surface area (Å²) in [7, 11) is 0. The van der Waals surface area contributed by atoms with Gasteiger partial charge in [-0.15, -0.1) is 0 Å². The van der Waals surface area contributed by atoms with Gasteiger partial charge in [0.25, 0.3) is 0 Å². The van der Waals surface area contributed by atoms with Crippen LogP contribution in [0, 0.1) is 0 Å². The van der Waals surface area contributed by atoms with Gasteiger partial charge in [0, 0.05) is 18.1 Å². The van der Waals surface area contributed by atoms with E-state index < -0.39 is 5.97 Å². The van der Waals surface area contributed by atoms with Crippen molar-refractivity contribution in [3.05, 3.63) is 35.0 Å². The first-order valence-corrected chi connectivity index (χ1v) is 8.89. The molecule has 0 unspecified atom stereocenters. The molecule has 4 heteroatoms. The Bertz CT molecular complexity index is 723. The summed E-state index contributed by atoms with van der Waals surface area (Å²) in [4.78, 5) is 11.9. The molecular formula is C20H30N2O2. The van der Waals surface area contributed by atoms with Crippen LogP contribution >= 0.6 is 0 Å². The van der Waals surface area contributed by atoms with Crippen LogP contribution in [0.5, 0.6) is 0 Å². The van der Waals surface area contributed by atoms with E-state index in [9.17, 15) is 9.90 Å². The fourth-order valence-corrected chi connectivity index (χ4v) is 3.10. The second-order valence-electron chi connectivity index (χ2n) is 7.57. The largest absolute Gasteiger partial charge is 0.478 e. The van der Waals surface area contributed by atoms with E-state index >= 15 is 0 Å². The molecule has 0 saturated carbocycles. The molecule has 0 spiro atoms.